The lowest BCUT2D eigenvalue weighted by atomic mass is 10.2. The maximum absolute atomic E-state index is 12.9. The van der Waals surface area contributed by atoms with E-state index in [1.165, 1.54) is 24.3 Å². The Balaban J connectivity index is 2.03. The Morgan fingerprint density at radius 3 is 2.52 bits per heavy atom. The Hall–Kier alpha value is -2.67. The zero-order valence-corrected chi connectivity index (χ0v) is 13.3. The number of carbonyl (C=O) groups is 1. The Morgan fingerprint density at radius 2 is 1.83 bits per heavy atom. The van der Waals surface area contributed by atoms with Crippen LogP contribution in [0.25, 0.3) is 10.8 Å². The second-order valence-electron chi connectivity index (χ2n) is 4.89. The molecule has 0 saturated carbocycles. The number of hydrogen-bond acceptors (Lipinski definition) is 3. The number of aromatic nitrogens is 1. The first-order valence-corrected chi connectivity index (χ1v) is 7.43. The van der Waals surface area contributed by atoms with Gasteiger partial charge in [-0.1, -0.05) is 15.9 Å². The van der Waals surface area contributed by atoms with Crippen molar-refractivity contribution >= 4 is 38.4 Å². The van der Waals surface area contributed by atoms with E-state index in [-0.39, 0.29) is 11.4 Å². The van der Waals surface area contributed by atoms with E-state index >= 15 is 0 Å². The molecule has 0 atom stereocenters. The molecule has 1 amide bonds. The van der Waals surface area contributed by atoms with Crippen molar-refractivity contribution in [3.8, 4) is 0 Å². The zero-order valence-electron chi connectivity index (χ0n) is 11.7. The molecule has 3 aromatic rings. The van der Waals surface area contributed by atoms with E-state index < -0.39 is 17.3 Å². The van der Waals surface area contributed by atoms with Gasteiger partial charge < -0.3 is 5.73 Å². The predicted octanol–water partition coefficient (Wildman–Crippen LogP) is 2.87. The first kappa shape index (κ1) is 15.2. The minimum absolute atomic E-state index is 0.0936. The van der Waals surface area contributed by atoms with Crippen LogP contribution in [0.5, 0.6) is 0 Å². The first-order chi connectivity index (χ1) is 11.0. The molecule has 0 spiro atoms. The number of anilines is 1. The van der Waals surface area contributed by atoms with E-state index in [1.807, 2.05) is 0 Å². The van der Waals surface area contributed by atoms with Gasteiger partial charge in [0, 0.05) is 15.4 Å². The Labute approximate surface area is 138 Å². The third-order valence-electron chi connectivity index (χ3n) is 3.33. The van der Waals surface area contributed by atoms with Gasteiger partial charge in [-0.2, -0.15) is 0 Å². The molecule has 3 rings (SSSR count). The van der Waals surface area contributed by atoms with Crippen LogP contribution in [0.4, 0.5) is 10.2 Å². The average Bonchev–Trinajstić information content (AvgIpc) is 2.51. The smallest absolute Gasteiger partial charge is 0.278 e. The molecule has 7 heteroatoms. The van der Waals surface area contributed by atoms with Gasteiger partial charge in [0.1, 0.15) is 11.6 Å². The number of benzene rings is 2. The number of fused-ring (bicyclic) bond motifs is 1. The zero-order chi connectivity index (χ0) is 16.6. The molecule has 2 aromatic carbocycles. The lowest BCUT2D eigenvalue weighted by Gasteiger charge is -2.12. The van der Waals surface area contributed by atoms with Crippen molar-refractivity contribution < 1.29 is 9.18 Å². The maximum Gasteiger partial charge on any atom is 0.278 e. The summed E-state index contributed by atoms with van der Waals surface area (Å²) < 4.78 is 14.7. The highest BCUT2D eigenvalue weighted by Crippen LogP contribution is 2.19. The summed E-state index contributed by atoms with van der Waals surface area (Å²) in [7, 11) is 0. The molecule has 0 radical (unpaired) electrons. The summed E-state index contributed by atoms with van der Waals surface area (Å²) in [4.78, 5) is 24.6. The van der Waals surface area contributed by atoms with Crippen LogP contribution in [0.2, 0.25) is 0 Å². The molecule has 0 aliphatic carbocycles. The van der Waals surface area contributed by atoms with E-state index in [2.05, 4.69) is 21.4 Å². The number of nitrogen functional groups attached to an aromatic ring is 1. The van der Waals surface area contributed by atoms with Gasteiger partial charge in [-0.05, 0) is 53.9 Å². The van der Waals surface area contributed by atoms with Crippen LogP contribution >= 0.6 is 15.9 Å². The third-order valence-corrected chi connectivity index (χ3v) is 3.82. The van der Waals surface area contributed by atoms with Gasteiger partial charge in [0.25, 0.3) is 11.5 Å². The summed E-state index contributed by atoms with van der Waals surface area (Å²) >= 11 is 3.33. The second kappa shape index (κ2) is 5.85. The molecule has 0 fully saturated rings. The molecule has 0 unspecified atom stereocenters. The van der Waals surface area contributed by atoms with Crippen molar-refractivity contribution in [2.75, 3.05) is 11.2 Å². The summed E-state index contributed by atoms with van der Waals surface area (Å²) in [6.07, 6.45) is 0. The number of hydrogen-bond donors (Lipinski definition) is 2. The van der Waals surface area contributed by atoms with Gasteiger partial charge in [-0.3, -0.25) is 15.0 Å². The van der Waals surface area contributed by atoms with Crippen molar-refractivity contribution in [2.45, 2.75) is 0 Å². The number of halogens is 2. The van der Waals surface area contributed by atoms with Crippen LogP contribution in [-0.4, -0.2) is 10.6 Å². The van der Waals surface area contributed by atoms with E-state index in [1.54, 1.807) is 24.3 Å². The Morgan fingerprint density at radius 1 is 1.13 bits per heavy atom. The predicted molar refractivity (Wildman–Crippen MR) is 90.4 cm³/mol. The first-order valence-electron chi connectivity index (χ1n) is 6.63. The Bertz CT molecular complexity index is 967. The van der Waals surface area contributed by atoms with Crippen molar-refractivity contribution in [2.24, 2.45) is 0 Å². The molecule has 0 saturated heterocycles. The largest absolute Gasteiger partial charge is 0.384 e. The normalized spacial score (nSPS) is 10.7. The minimum atomic E-state index is -0.560. The number of nitrogens with one attached hydrogen (secondary N) is 1. The lowest BCUT2D eigenvalue weighted by Crippen LogP contribution is -2.34. The molecule has 1 heterocycles. The number of rotatable bonds is 2. The highest BCUT2D eigenvalue weighted by atomic mass is 79.9. The van der Waals surface area contributed by atoms with Gasteiger partial charge >= 0.3 is 0 Å². The number of nitrogens with zero attached hydrogens (tertiary/aromatic N) is 1. The molecular formula is C16H11BrFN3O2. The third kappa shape index (κ3) is 2.95. The second-order valence-corrected chi connectivity index (χ2v) is 5.80. The van der Waals surface area contributed by atoms with Crippen molar-refractivity contribution in [1.82, 2.24) is 4.68 Å². The summed E-state index contributed by atoms with van der Waals surface area (Å²) in [5.41, 5.74) is 8.06. The molecule has 116 valence electrons. The van der Waals surface area contributed by atoms with Crippen LogP contribution in [0, 0.1) is 5.82 Å². The van der Waals surface area contributed by atoms with Crippen molar-refractivity contribution in [1.29, 1.82) is 0 Å². The molecule has 0 aliphatic rings. The van der Waals surface area contributed by atoms with Crippen molar-refractivity contribution in [3.63, 3.8) is 0 Å². The van der Waals surface area contributed by atoms with Crippen LogP contribution in [-0.2, 0) is 0 Å². The molecule has 5 nitrogen and oxygen atoms in total. The number of pyridine rings is 1. The number of carbonyl (C=O) groups excluding carboxylic acids is 1. The van der Waals surface area contributed by atoms with Crippen molar-refractivity contribution in [3.05, 3.63) is 74.7 Å². The fourth-order valence-electron chi connectivity index (χ4n) is 2.19. The summed E-state index contributed by atoms with van der Waals surface area (Å²) in [5, 5.41) is 1.08. The highest BCUT2D eigenvalue weighted by molar-refractivity contribution is 9.10. The summed E-state index contributed by atoms with van der Waals surface area (Å²) in [5.74, 6) is -0.916. The summed E-state index contributed by atoms with van der Waals surface area (Å²) in [6, 6.07) is 11.7. The van der Waals surface area contributed by atoms with Gasteiger partial charge in [-0.25, -0.2) is 9.07 Å². The number of nitrogens with two attached hydrogens (primary N) is 1. The highest BCUT2D eigenvalue weighted by Gasteiger charge is 2.12. The summed E-state index contributed by atoms with van der Waals surface area (Å²) in [6.45, 7) is 0. The van der Waals surface area contributed by atoms with Crippen LogP contribution in [0.15, 0.2) is 57.8 Å². The quantitative estimate of drug-likeness (QED) is 0.722. The SMILES string of the molecule is Nc1cc2cc(Br)ccc2c(=O)n1NC(=O)c1ccc(F)cc1. The molecule has 3 N–H and O–H groups in total. The van der Waals surface area contributed by atoms with Crippen LogP contribution in [0.3, 0.4) is 0 Å². The van der Waals surface area contributed by atoms with E-state index in [0.717, 1.165) is 9.15 Å². The van der Waals surface area contributed by atoms with Gasteiger partial charge in [-0.15, -0.1) is 0 Å². The molecule has 23 heavy (non-hydrogen) atoms. The maximum atomic E-state index is 12.9. The van der Waals surface area contributed by atoms with Gasteiger partial charge in [0.05, 0.1) is 0 Å². The minimum Gasteiger partial charge on any atom is -0.384 e. The lowest BCUT2D eigenvalue weighted by molar-refractivity contribution is 0.101. The van der Waals surface area contributed by atoms with Crippen LogP contribution < -0.4 is 16.7 Å². The molecular weight excluding hydrogens is 365 g/mol. The van der Waals surface area contributed by atoms with Crippen LogP contribution in [0.1, 0.15) is 10.4 Å². The molecule has 0 bridgehead atoms. The fourth-order valence-corrected chi connectivity index (χ4v) is 2.57. The topological polar surface area (TPSA) is 77.1 Å². The standard InChI is InChI=1S/C16H11BrFN3O2/c17-11-3-6-13-10(7-11)8-14(19)21(16(13)23)20-15(22)9-1-4-12(18)5-2-9/h1-8H,19H2,(H,20,22). The van der Waals surface area contributed by atoms with Gasteiger partial charge in [0.15, 0.2) is 0 Å². The average molecular weight is 376 g/mol. The molecule has 0 aliphatic heterocycles. The van der Waals surface area contributed by atoms with E-state index in [4.69, 9.17) is 5.73 Å². The monoisotopic (exact) mass is 375 g/mol. The number of amides is 1. The van der Waals surface area contributed by atoms with Gasteiger partial charge in [0.2, 0.25) is 0 Å². The Kier molecular flexibility index (Phi) is 3.87. The van der Waals surface area contributed by atoms with E-state index in [9.17, 15) is 14.0 Å². The molecule has 1 aromatic heterocycles. The van der Waals surface area contributed by atoms with E-state index in [0.29, 0.717) is 10.8 Å². The fraction of sp³-hybridized carbons (Fsp3) is 0.